The van der Waals surface area contributed by atoms with Crippen LogP contribution in [0.4, 0.5) is 0 Å². The summed E-state index contributed by atoms with van der Waals surface area (Å²) in [7, 11) is 0. The van der Waals surface area contributed by atoms with Crippen LogP contribution in [0.3, 0.4) is 0 Å². The van der Waals surface area contributed by atoms with Crippen molar-refractivity contribution in [1.29, 1.82) is 0 Å². The molecule has 0 N–H and O–H groups in total. The monoisotopic (exact) mass is 266 g/mol. The number of rotatable bonds is 10. The maximum Gasteiger partial charge on any atom is 0.294 e. The molecule has 0 saturated heterocycles. The van der Waals surface area contributed by atoms with Crippen molar-refractivity contribution in [2.45, 2.75) is 33.3 Å². The van der Waals surface area contributed by atoms with Crippen LogP contribution in [0.1, 0.15) is 27.2 Å². The average molecular weight is 266 g/mol. The summed E-state index contributed by atoms with van der Waals surface area (Å²) in [5.74, 6) is 0. The number of hydrogen-bond donors (Lipinski definition) is 0. The minimum absolute atomic E-state index is 0.0862. The lowest BCUT2D eigenvalue weighted by Crippen LogP contribution is -2.39. The van der Waals surface area contributed by atoms with Gasteiger partial charge in [-0.05, 0) is 20.3 Å². The van der Waals surface area contributed by atoms with Crippen LogP contribution >= 0.6 is 0 Å². The van der Waals surface area contributed by atoms with Crippen LogP contribution in [0.25, 0.3) is 0 Å². The van der Waals surface area contributed by atoms with Crippen molar-refractivity contribution in [3.63, 3.8) is 0 Å². The Labute approximate surface area is 104 Å². The van der Waals surface area contributed by atoms with Gasteiger partial charge in [-0.25, -0.2) is 0 Å². The van der Waals surface area contributed by atoms with E-state index >= 15 is 0 Å². The lowest BCUT2D eigenvalue weighted by molar-refractivity contribution is -0.772. The van der Waals surface area contributed by atoms with Crippen molar-refractivity contribution >= 4 is 0 Å². The van der Waals surface area contributed by atoms with Gasteiger partial charge in [0.2, 0.25) is 0 Å². The summed E-state index contributed by atoms with van der Waals surface area (Å²) in [6.07, 6.45) is 0.295. The standard InChI is InChI=1S/C9H18N2O7/c1-4-9(5-16-8(2)3,6-17-10(12)13)7-18-11(14)15/h8H,4-7H2,1-3H3. The van der Waals surface area contributed by atoms with Gasteiger partial charge in [0.1, 0.15) is 13.2 Å². The highest BCUT2D eigenvalue weighted by atomic mass is 17.0. The molecule has 0 aromatic carbocycles. The van der Waals surface area contributed by atoms with Gasteiger partial charge >= 0.3 is 0 Å². The molecule has 0 radical (unpaired) electrons. The van der Waals surface area contributed by atoms with Crippen LogP contribution in [0.5, 0.6) is 0 Å². The first-order chi connectivity index (χ1) is 8.31. The summed E-state index contributed by atoms with van der Waals surface area (Å²) < 4.78 is 5.36. The maximum absolute atomic E-state index is 10.2. The van der Waals surface area contributed by atoms with E-state index in [0.717, 1.165) is 0 Å². The Balaban J connectivity index is 4.58. The van der Waals surface area contributed by atoms with E-state index in [0.29, 0.717) is 6.42 Å². The molecule has 0 aromatic heterocycles. The van der Waals surface area contributed by atoms with Gasteiger partial charge in [0.05, 0.1) is 12.7 Å². The molecule has 0 aromatic rings. The molecular weight excluding hydrogens is 248 g/mol. The van der Waals surface area contributed by atoms with Crippen molar-refractivity contribution in [2.75, 3.05) is 19.8 Å². The summed E-state index contributed by atoms with van der Waals surface area (Å²) in [6, 6.07) is 0. The van der Waals surface area contributed by atoms with Crippen LogP contribution in [0, 0.1) is 25.6 Å². The lowest BCUT2D eigenvalue weighted by atomic mass is 9.88. The molecule has 9 heteroatoms. The van der Waals surface area contributed by atoms with Gasteiger partial charge in [-0.15, -0.1) is 20.2 Å². The fourth-order valence-corrected chi connectivity index (χ4v) is 1.15. The zero-order chi connectivity index (χ0) is 14.2. The molecule has 0 rings (SSSR count). The second-order valence-electron chi connectivity index (χ2n) is 4.21. The molecule has 9 nitrogen and oxygen atoms in total. The van der Waals surface area contributed by atoms with Crippen LogP contribution in [-0.4, -0.2) is 36.1 Å². The smallest absolute Gasteiger partial charge is 0.294 e. The molecule has 0 unspecified atom stereocenters. The second-order valence-corrected chi connectivity index (χ2v) is 4.21. The highest BCUT2D eigenvalue weighted by Crippen LogP contribution is 2.24. The van der Waals surface area contributed by atoms with Crippen molar-refractivity contribution in [1.82, 2.24) is 0 Å². The fourth-order valence-electron chi connectivity index (χ4n) is 1.15. The Morgan fingerprint density at radius 1 is 1.06 bits per heavy atom. The van der Waals surface area contributed by atoms with Gasteiger partial charge < -0.3 is 14.4 Å². The molecule has 0 spiro atoms. The number of hydrogen-bond acceptors (Lipinski definition) is 7. The van der Waals surface area contributed by atoms with Gasteiger partial charge in [-0.2, -0.15) is 0 Å². The zero-order valence-corrected chi connectivity index (χ0v) is 10.7. The first-order valence-corrected chi connectivity index (χ1v) is 5.47. The molecule has 0 bridgehead atoms. The van der Waals surface area contributed by atoms with E-state index in [9.17, 15) is 20.2 Å². The molecule has 0 aliphatic carbocycles. The minimum atomic E-state index is -0.939. The first kappa shape index (κ1) is 16.4. The Morgan fingerprint density at radius 3 is 1.78 bits per heavy atom. The summed E-state index contributed by atoms with van der Waals surface area (Å²) in [5.41, 5.74) is -0.912. The van der Waals surface area contributed by atoms with Crippen LogP contribution in [0.2, 0.25) is 0 Å². The average Bonchev–Trinajstić information content (AvgIpc) is 2.28. The Bertz CT molecular complexity index is 264. The minimum Gasteiger partial charge on any atom is -0.378 e. The first-order valence-electron chi connectivity index (χ1n) is 5.47. The number of ether oxygens (including phenoxy) is 1. The van der Waals surface area contributed by atoms with E-state index in [1.807, 2.05) is 0 Å². The van der Waals surface area contributed by atoms with E-state index in [1.54, 1.807) is 20.8 Å². The van der Waals surface area contributed by atoms with Crippen molar-refractivity contribution in [3.8, 4) is 0 Å². The van der Waals surface area contributed by atoms with Gasteiger partial charge in [0.15, 0.2) is 0 Å². The predicted molar refractivity (Wildman–Crippen MR) is 59.7 cm³/mol. The molecule has 0 amide bonds. The molecule has 0 aliphatic heterocycles. The van der Waals surface area contributed by atoms with E-state index in [-0.39, 0.29) is 25.9 Å². The molecule has 0 aliphatic rings. The Kier molecular flexibility index (Phi) is 6.94. The quantitative estimate of drug-likeness (QED) is 0.431. The van der Waals surface area contributed by atoms with E-state index in [2.05, 4.69) is 9.68 Å². The molecule has 18 heavy (non-hydrogen) atoms. The predicted octanol–water partition coefficient (Wildman–Crippen LogP) is 1.22. The second kappa shape index (κ2) is 7.64. The third-order valence-electron chi connectivity index (χ3n) is 2.43. The summed E-state index contributed by atoms with van der Waals surface area (Å²) in [5, 5.41) is 18.5. The summed E-state index contributed by atoms with van der Waals surface area (Å²) in [4.78, 5) is 29.0. The fraction of sp³-hybridized carbons (Fsp3) is 1.00. The normalized spacial score (nSPS) is 11.3. The third-order valence-corrected chi connectivity index (χ3v) is 2.43. The van der Waals surface area contributed by atoms with Crippen LogP contribution < -0.4 is 0 Å². The van der Waals surface area contributed by atoms with Crippen molar-refractivity contribution in [2.24, 2.45) is 5.41 Å². The SMILES string of the molecule is CCC(COC(C)C)(CO[N+](=O)[O-])CO[N+](=O)[O-]. The van der Waals surface area contributed by atoms with Crippen molar-refractivity contribution in [3.05, 3.63) is 20.2 Å². The van der Waals surface area contributed by atoms with Crippen LogP contribution in [-0.2, 0) is 14.4 Å². The zero-order valence-electron chi connectivity index (χ0n) is 10.7. The largest absolute Gasteiger partial charge is 0.378 e. The highest BCUT2D eigenvalue weighted by Gasteiger charge is 2.32. The molecule has 0 heterocycles. The van der Waals surface area contributed by atoms with Crippen LogP contribution in [0.15, 0.2) is 0 Å². The summed E-state index contributed by atoms with van der Waals surface area (Å²) >= 11 is 0. The third kappa shape index (κ3) is 6.84. The molecule has 106 valence electrons. The number of nitrogens with zero attached hydrogens (tertiary/aromatic N) is 2. The highest BCUT2D eigenvalue weighted by molar-refractivity contribution is 4.77. The maximum atomic E-state index is 10.2. The Morgan fingerprint density at radius 2 is 1.50 bits per heavy atom. The van der Waals surface area contributed by atoms with E-state index in [4.69, 9.17) is 4.74 Å². The molecule has 0 atom stereocenters. The summed E-state index contributed by atoms with van der Waals surface area (Å²) in [6.45, 7) is 4.79. The molecule has 0 saturated carbocycles. The molecular formula is C9H18N2O7. The van der Waals surface area contributed by atoms with Gasteiger partial charge in [0, 0.05) is 5.41 Å². The van der Waals surface area contributed by atoms with Gasteiger partial charge in [0.25, 0.3) is 10.2 Å². The topological polar surface area (TPSA) is 114 Å². The lowest BCUT2D eigenvalue weighted by Gasteiger charge is -2.30. The van der Waals surface area contributed by atoms with E-state index < -0.39 is 15.6 Å². The van der Waals surface area contributed by atoms with E-state index in [1.165, 1.54) is 0 Å². The van der Waals surface area contributed by atoms with Gasteiger partial charge in [-0.1, -0.05) is 6.92 Å². The van der Waals surface area contributed by atoms with Crippen molar-refractivity contribution < 1.29 is 24.6 Å². The Hall–Kier alpha value is -1.64. The molecule has 0 fully saturated rings. The van der Waals surface area contributed by atoms with Gasteiger partial charge in [-0.3, -0.25) is 0 Å².